The molecular weight excluding hydrogens is 304 g/mol. The van der Waals surface area contributed by atoms with Crippen molar-refractivity contribution >= 4 is 27.9 Å². The maximum atomic E-state index is 12.2. The molecule has 0 fully saturated rings. The number of nitro benzene ring substituents is 1. The summed E-state index contributed by atoms with van der Waals surface area (Å²) in [6.07, 6.45) is 3.73. The molecule has 112 valence electrons. The van der Waals surface area contributed by atoms with Crippen LogP contribution in [0.4, 0.5) is 5.69 Å². The number of imidazole rings is 1. The molecule has 7 nitrogen and oxygen atoms in total. The molecule has 2 aromatic heterocycles. The van der Waals surface area contributed by atoms with E-state index in [2.05, 4.69) is 10.3 Å². The maximum absolute atomic E-state index is 12.2. The molecule has 0 saturated heterocycles. The van der Waals surface area contributed by atoms with Crippen LogP contribution in [-0.2, 0) is 6.54 Å². The van der Waals surface area contributed by atoms with Gasteiger partial charge in [-0.2, -0.15) is 0 Å². The lowest BCUT2D eigenvalue weighted by atomic mass is 10.1. The standard InChI is InChI=1S/C14H12N4O3S/c1-9-11(3-2-4-12(9)18(20)21)13(19)15-7-10-8-17-5-6-22-14(17)16-10/h2-6,8H,7H2,1H3,(H,15,19). The van der Waals surface area contributed by atoms with Crippen molar-refractivity contribution in [2.45, 2.75) is 13.5 Å². The fourth-order valence-corrected chi connectivity index (χ4v) is 2.91. The van der Waals surface area contributed by atoms with Crippen molar-refractivity contribution in [1.29, 1.82) is 0 Å². The lowest BCUT2D eigenvalue weighted by Crippen LogP contribution is -2.24. The highest BCUT2D eigenvalue weighted by atomic mass is 32.1. The molecule has 0 aliphatic heterocycles. The number of hydrogen-bond acceptors (Lipinski definition) is 5. The van der Waals surface area contributed by atoms with E-state index in [0.29, 0.717) is 11.1 Å². The van der Waals surface area contributed by atoms with Gasteiger partial charge in [-0.1, -0.05) is 6.07 Å². The van der Waals surface area contributed by atoms with Crippen LogP contribution in [0.1, 0.15) is 21.6 Å². The van der Waals surface area contributed by atoms with Crippen molar-refractivity contribution < 1.29 is 9.72 Å². The summed E-state index contributed by atoms with van der Waals surface area (Å²) in [6, 6.07) is 4.46. The average Bonchev–Trinajstić information content (AvgIpc) is 3.05. The van der Waals surface area contributed by atoms with Crippen molar-refractivity contribution in [2.24, 2.45) is 0 Å². The first-order valence-electron chi connectivity index (χ1n) is 6.49. The van der Waals surface area contributed by atoms with Crippen molar-refractivity contribution in [3.05, 3.63) is 62.9 Å². The van der Waals surface area contributed by atoms with E-state index in [-0.39, 0.29) is 18.1 Å². The number of hydrogen-bond donors (Lipinski definition) is 1. The molecule has 0 saturated carbocycles. The highest BCUT2D eigenvalue weighted by Crippen LogP contribution is 2.21. The van der Waals surface area contributed by atoms with E-state index in [9.17, 15) is 14.9 Å². The number of nitrogens with zero attached hydrogens (tertiary/aromatic N) is 3. The lowest BCUT2D eigenvalue weighted by Gasteiger charge is -2.06. The molecule has 3 rings (SSSR count). The van der Waals surface area contributed by atoms with Crippen LogP contribution in [0.5, 0.6) is 0 Å². The molecule has 0 bridgehead atoms. The Hall–Kier alpha value is -2.74. The predicted octanol–water partition coefficient (Wildman–Crippen LogP) is 2.54. The molecule has 8 heteroatoms. The number of carbonyl (C=O) groups excluding carboxylic acids is 1. The number of benzene rings is 1. The fraction of sp³-hybridized carbons (Fsp3) is 0.143. The van der Waals surface area contributed by atoms with Gasteiger partial charge in [0.25, 0.3) is 11.6 Å². The SMILES string of the molecule is Cc1c(C(=O)NCc2cn3ccsc3n2)cccc1[N+](=O)[O-]. The molecule has 1 amide bonds. The monoisotopic (exact) mass is 316 g/mol. The molecule has 3 aromatic rings. The van der Waals surface area contributed by atoms with Gasteiger partial charge >= 0.3 is 0 Å². The van der Waals surface area contributed by atoms with E-state index < -0.39 is 4.92 Å². The van der Waals surface area contributed by atoms with Gasteiger partial charge < -0.3 is 5.32 Å². The molecule has 2 heterocycles. The zero-order chi connectivity index (χ0) is 15.7. The van der Waals surface area contributed by atoms with Crippen molar-refractivity contribution in [2.75, 3.05) is 0 Å². The fourth-order valence-electron chi connectivity index (χ4n) is 2.19. The summed E-state index contributed by atoms with van der Waals surface area (Å²) in [6.45, 7) is 1.84. The summed E-state index contributed by atoms with van der Waals surface area (Å²) in [5.74, 6) is -0.349. The number of amides is 1. The molecule has 0 aliphatic carbocycles. The zero-order valence-corrected chi connectivity index (χ0v) is 12.5. The third-order valence-electron chi connectivity index (χ3n) is 3.32. The van der Waals surface area contributed by atoms with Gasteiger partial charge in [0.05, 0.1) is 17.2 Å². The van der Waals surface area contributed by atoms with E-state index in [4.69, 9.17) is 0 Å². The van der Waals surface area contributed by atoms with Crippen LogP contribution in [-0.4, -0.2) is 20.2 Å². The number of carbonyl (C=O) groups is 1. The third-order valence-corrected chi connectivity index (χ3v) is 4.09. The Morgan fingerprint density at radius 2 is 2.32 bits per heavy atom. The maximum Gasteiger partial charge on any atom is 0.273 e. The summed E-state index contributed by atoms with van der Waals surface area (Å²) >= 11 is 1.51. The van der Waals surface area contributed by atoms with Crippen LogP contribution in [0.2, 0.25) is 0 Å². The first kappa shape index (κ1) is 14.2. The first-order valence-corrected chi connectivity index (χ1v) is 7.37. The van der Waals surface area contributed by atoms with Crippen molar-refractivity contribution in [1.82, 2.24) is 14.7 Å². The second-order valence-electron chi connectivity index (χ2n) is 4.71. The first-order chi connectivity index (χ1) is 10.6. The van der Waals surface area contributed by atoms with Gasteiger partial charge in [0.15, 0.2) is 4.96 Å². The molecule has 0 atom stereocenters. The molecule has 1 N–H and O–H groups in total. The lowest BCUT2D eigenvalue weighted by molar-refractivity contribution is -0.385. The summed E-state index contributed by atoms with van der Waals surface area (Å²) in [5.41, 5.74) is 1.34. The molecular formula is C14H12N4O3S. The van der Waals surface area contributed by atoms with Gasteiger partial charge in [-0.15, -0.1) is 11.3 Å². The van der Waals surface area contributed by atoms with Crippen LogP contribution in [0.3, 0.4) is 0 Å². The summed E-state index contributed by atoms with van der Waals surface area (Å²) in [7, 11) is 0. The quantitative estimate of drug-likeness (QED) is 0.591. The highest BCUT2D eigenvalue weighted by Gasteiger charge is 2.17. The molecule has 0 aliphatic rings. The van der Waals surface area contributed by atoms with E-state index in [1.165, 1.54) is 23.5 Å². The van der Waals surface area contributed by atoms with Gasteiger partial charge in [-0.25, -0.2) is 4.98 Å². The zero-order valence-electron chi connectivity index (χ0n) is 11.6. The normalized spacial score (nSPS) is 10.8. The Bertz CT molecular complexity index is 839. The number of rotatable bonds is 4. The largest absolute Gasteiger partial charge is 0.346 e. The number of nitro groups is 1. The van der Waals surface area contributed by atoms with Crippen LogP contribution < -0.4 is 5.32 Å². The number of fused-ring (bicyclic) bond motifs is 1. The van der Waals surface area contributed by atoms with Gasteiger partial charge in [0.1, 0.15) is 0 Å². The minimum Gasteiger partial charge on any atom is -0.346 e. The minimum atomic E-state index is -0.490. The van der Waals surface area contributed by atoms with Crippen molar-refractivity contribution in [3.63, 3.8) is 0 Å². The molecule has 0 spiro atoms. The highest BCUT2D eigenvalue weighted by molar-refractivity contribution is 7.15. The summed E-state index contributed by atoms with van der Waals surface area (Å²) < 4.78 is 1.88. The predicted molar refractivity (Wildman–Crippen MR) is 82.1 cm³/mol. The molecule has 22 heavy (non-hydrogen) atoms. The van der Waals surface area contributed by atoms with E-state index in [1.54, 1.807) is 13.0 Å². The Labute approximate surface area is 129 Å². The Morgan fingerprint density at radius 3 is 3.05 bits per heavy atom. The van der Waals surface area contributed by atoms with E-state index in [0.717, 1.165) is 10.7 Å². The third kappa shape index (κ3) is 2.56. The Morgan fingerprint density at radius 1 is 1.50 bits per heavy atom. The topological polar surface area (TPSA) is 89.5 Å². The number of aromatic nitrogens is 2. The smallest absolute Gasteiger partial charge is 0.273 e. The Kier molecular flexibility index (Phi) is 3.60. The number of thiazole rings is 1. The van der Waals surface area contributed by atoms with Crippen LogP contribution >= 0.6 is 11.3 Å². The average molecular weight is 316 g/mol. The van der Waals surface area contributed by atoms with Crippen LogP contribution in [0.25, 0.3) is 4.96 Å². The van der Waals surface area contributed by atoms with Gasteiger partial charge in [0, 0.05) is 35.0 Å². The van der Waals surface area contributed by atoms with E-state index >= 15 is 0 Å². The molecule has 0 unspecified atom stereocenters. The van der Waals surface area contributed by atoms with Gasteiger partial charge in [0.2, 0.25) is 0 Å². The second-order valence-corrected chi connectivity index (χ2v) is 5.59. The van der Waals surface area contributed by atoms with Gasteiger partial charge in [-0.05, 0) is 13.0 Å². The van der Waals surface area contributed by atoms with Crippen LogP contribution in [0, 0.1) is 17.0 Å². The minimum absolute atomic E-state index is 0.0600. The number of nitrogens with one attached hydrogen (secondary N) is 1. The Balaban J connectivity index is 1.76. The summed E-state index contributed by atoms with van der Waals surface area (Å²) in [4.78, 5) is 27.8. The van der Waals surface area contributed by atoms with E-state index in [1.807, 2.05) is 22.2 Å². The molecule has 1 aromatic carbocycles. The summed E-state index contributed by atoms with van der Waals surface area (Å²) in [5, 5.41) is 15.6. The second kappa shape index (κ2) is 5.57. The molecule has 0 radical (unpaired) electrons. The van der Waals surface area contributed by atoms with Crippen molar-refractivity contribution in [3.8, 4) is 0 Å². The van der Waals surface area contributed by atoms with Gasteiger partial charge in [-0.3, -0.25) is 19.3 Å². The van der Waals surface area contributed by atoms with Crippen LogP contribution in [0.15, 0.2) is 36.0 Å².